The molecule has 1 nitrogen and oxygen atoms in total. The van der Waals surface area contributed by atoms with Crippen LogP contribution in [0.1, 0.15) is 20.8 Å². The van der Waals surface area contributed by atoms with Crippen LogP contribution in [0.3, 0.4) is 0 Å². The molecule has 0 aromatic carbocycles. The Balaban J connectivity index is 3.98. The van der Waals surface area contributed by atoms with Crippen LogP contribution in [0, 0.1) is 0 Å². The zero-order valence-electron chi connectivity index (χ0n) is 6.49. The molecule has 0 atom stereocenters. The fourth-order valence-electron chi connectivity index (χ4n) is 0.644. The second-order valence-electron chi connectivity index (χ2n) is 2.15. The number of nitrogens with one attached hydrogen (secondary N) is 1. The largest absolute Gasteiger partial charge is 0.385 e. The van der Waals surface area contributed by atoms with Crippen LogP contribution in [0.4, 0.5) is 0 Å². The summed E-state index contributed by atoms with van der Waals surface area (Å²) in [5.41, 5.74) is 2.43. The van der Waals surface area contributed by atoms with E-state index in [-0.39, 0.29) is 0 Å². The van der Waals surface area contributed by atoms with E-state index in [4.69, 9.17) is 0 Å². The Kier molecular flexibility index (Phi) is 3.85. The fourth-order valence-corrected chi connectivity index (χ4v) is 0.644. The molecule has 9 heavy (non-hydrogen) atoms. The van der Waals surface area contributed by atoms with E-state index in [9.17, 15) is 0 Å². The highest BCUT2D eigenvalue weighted by molar-refractivity contribution is 5.19. The quantitative estimate of drug-likeness (QED) is 0.569. The van der Waals surface area contributed by atoms with Gasteiger partial charge in [0.25, 0.3) is 0 Å². The highest BCUT2D eigenvalue weighted by atomic mass is 14.9. The molecule has 0 heterocycles. The van der Waals surface area contributed by atoms with Gasteiger partial charge in [-0.3, -0.25) is 0 Å². The molecule has 1 heteroatoms. The second kappa shape index (κ2) is 4.19. The first-order valence-corrected chi connectivity index (χ1v) is 3.26. The van der Waals surface area contributed by atoms with Crippen molar-refractivity contribution in [1.29, 1.82) is 0 Å². The smallest absolute Gasteiger partial charge is 0.0320 e. The van der Waals surface area contributed by atoms with Crippen molar-refractivity contribution in [2.45, 2.75) is 20.8 Å². The minimum absolute atomic E-state index is 0.965. The maximum absolute atomic E-state index is 3.68. The molecule has 0 aromatic heterocycles. The van der Waals surface area contributed by atoms with Crippen LogP contribution < -0.4 is 5.32 Å². The van der Waals surface area contributed by atoms with Gasteiger partial charge in [0.15, 0.2) is 0 Å². The standard InChI is InChI=1S/C8H15N/c1-5-8(7(3)4)9-6-2/h5,9H,1,6H2,2-4H3. The van der Waals surface area contributed by atoms with Crippen LogP contribution in [0.15, 0.2) is 23.9 Å². The summed E-state index contributed by atoms with van der Waals surface area (Å²) >= 11 is 0. The first kappa shape index (κ1) is 8.28. The third-order valence-electron chi connectivity index (χ3n) is 1.11. The third kappa shape index (κ3) is 2.96. The molecule has 1 N–H and O–H groups in total. The lowest BCUT2D eigenvalue weighted by molar-refractivity contribution is 0.864. The summed E-state index contributed by atoms with van der Waals surface area (Å²) < 4.78 is 0. The Morgan fingerprint density at radius 3 is 2.22 bits per heavy atom. The molecule has 0 aliphatic carbocycles. The van der Waals surface area contributed by atoms with Crippen molar-refractivity contribution >= 4 is 0 Å². The number of hydrogen-bond donors (Lipinski definition) is 1. The minimum atomic E-state index is 0.965. The second-order valence-corrected chi connectivity index (χ2v) is 2.15. The topological polar surface area (TPSA) is 12.0 Å². The van der Waals surface area contributed by atoms with Crippen LogP contribution in [0.2, 0.25) is 0 Å². The first-order valence-electron chi connectivity index (χ1n) is 3.26. The van der Waals surface area contributed by atoms with E-state index < -0.39 is 0 Å². The summed E-state index contributed by atoms with van der Waals surface area (Å²) in [5.74, 6) is 0. The third-order valence-corrected chi connectivity index (χ3v) is 1.11. The van der Waals surface area contributed by atoms with Gasteiger partial charge >= 0.3 is 0 Å². The van der Waals surface area contributed by atoms with E-state index in [1.165, 1.54) is 5.57 Å². The Morgan fingerprint density at radius 1 is 1.56 bits per heavy atom. The molecule has 0 amide bonds. The van der Waals surface area contributed by atoms with E-state index in [1.807, 2.05) is 6.08 Å². The first-order chi connectivity index (χ1) is 4.22. The molecule has 0 saturated carbocycles. The predicted octanol–water partition coefficient (Wildman–Crippen LogP) is 2.08. The lowest BCUT2D eigenvalue weighted by atomic mass is 10.2. The summed E-state index contributed by atoms with van der Waals surface area (Å²) in [6.07, 6.45) is 1.85. The lowest BCUT2D eigenvalue weighted by Gasteiger charge is -2.04. The van der Waals surface area contributed by atoms with Gasteiger partial charge in [-0.1, -0.05) is 12.2 Å². The summed E-state index contributed by atoms with van der Waals surface area (Å²) in [4.78, 5) is 0. The van der Waals surface area contributed by atoms with Gasteiger partial charge in [-0.15, -0.1) is 0 Å². The van der Waals surface area contributed by atoms with Crippen molar-refractivity contribution in [2.75, 3.05) is 6.54 Å². The average molecular weight is 125 g/mol. The zero-order chi connectivity index (χ0) is 7.28. The van der Waals surface area contributed by atoms with Crippen molar-refractivity contribution in [3.8, 4) is 0 Å². The summed E-state index contributed by atoms with van der Waals surface area (Å²) in [5, 5.41) is 3.19. The molecule has 0 aromatic rings. The molecule has 0 radical (unpaired) electrons. The molecule has 52 valence electrons. The average Bonchev–Trinajstić information content (AvgIpc) is 1.82. The van der Waals surface area contributed by atoms with Crippen molar-refractivity contribution in [3.63, 3.8) is 0 Å². The van der Waals surface area contributed by atoms with Gasteiger partial charge in [0, 0.05) is 12.2 Å². The summed E-state index contributed by atoms with van der Waals surface area (Å²) in [6.45, 7) is 10.9. The molecular weight excluding hydrogens is 110 g/mol. The van der Waals surface area contributed by atoms with E-state index in [1.54, 1.807) is 0 Å². The van der Waals surface area contributed by atoms with Gasteiger partial charge in [0.1, 0.15) is 0 Å². The molecule has 0 saturated heterocycles. The van der Waals surface area contributed by atoms with Crippen molar-refractivity contribution < 1.29 is 0 Å². The number of rotatable bonds is 3. The van der Waals surface area contributed by atoms with Gasteiger partial charge in [0.05, 0.1) is 0 Å². The monoisotopic (exact) mass is 125 g/mol. The molecule has 0 aliphatic rings. The maximum atomic E-state index is 3.68. The van der Waals surface area contributed by atoms with Gasteiger partial charge in [0.2, 0.25) is 0 Å². The molecule has 0 fully saturated rings. The molecule has 0 rings (SSSR count). The summed E-state index contributed by atoms with van der Waals surface area (Å²) in [7, 11) is 0. The molecule has 0 bridgehead atoms. The number of allylic oxidation sites excluding steroid dienone is 2. The van der Waals surface area contributed by atoms with Gasteiger partial charge in [-0.25, -0.2) is 0 Å². The zero-order valence-corrected chi connectivity index (χ0v) is 6.49. The summed E-state index contributed by atoms with van der Waals surface area (Å²) in [6, 6.07) is 0. The Bertz CT molecular complexity index is 119. The number of hydrogen-bond acceptors (Lipinski definition) is 1. The van der Waals surface area contributed by atoms with Crippen LogP contribution in [0.25, 0.3) is 0 Å². The van der Waals surface area contributed by atoms with E-state index in [0.717, 1.165) is 12.2 Å². The van der Waals surface area contributed by atoms with Crippen LogP contribution in [-0.2, 0) is 0 Å². The van der Waals surface area contributed by atoms with Crippen LogP contribution >= 0.6 is 0 Å². The van der Waals surface area contributed by atoms with Crippen LogP contribution in [-0.4, -0.2) is 6.54 Å². The predicted molar refractivity (Wildman–Crippen MR) is 42.2 cm³/mol. The minimum Gasteiger partial charge on any atom is -0.385 e. The Morgan fingerprint density at radius 2 is 2.11 bits per heavy atom. The van der Waals surface area contributed by atoms with Crippen molar-refractivity contribution in [2.24, 2.45) is 0 Å². The van der Waals surface area contributed by atoms with Crippen LogP contribution in [0.5, 0.6) is 0 Å². The maximum Gasteiger partial charge on any atom is 0.0320 e. The van der Waals surface area contributed by atoms with Gasteiger partial charge < -0.3 is 5.32 Å². The number of likely N-dealkylation sites (N-methyl/N-ethyl adjacent to an activating group) is 1. The van der Waals surface area contributed by atoms with E-state index in [0.29, 0.717) is 0 Å². The van der Waals surface area contributed by atoms with E-state index in [2.05, 4.69) is 32.7 Å². The normalized spacial score (nSPS) is 8.33. The van der Waals surface area contributed by atoms with E-state index >= 15 is 0 Å². The lowest BCUT2D eigenvalue weighted by Crippen LogP contribution is -2.11. The Labute approximate surface area is 57.5 Å². The van der Waals surface area contributed by atoms with Gasteiger partial charge in [-0.05, 0) is 26.8 Å². The Hall–Kier alpha value is -0.720. The van der Waals surface area contributed by atoms with Gasteiger partial charge in [-0.2, -0.15) is 0 Å². The molecule has 0 aliphatic heterocycles. The highest BCUT2D eigenvalue weighted by Crippen LogP contribution is 1.98. The SMILES string of the molecule is C=CC(NCC)=C(C)C. The fraction of sp³-hybridized carbons (Fsp3) is 0.500. The molecular formula is C8H15N. The van der Waals surface area contributed by atoms with Crippen molar-refractivity contribution in [3.05, 3.63) is 23.9 Å². The molecule has 0 unspecified atom stereocenters. The highest BCUT2D eigenvalue weighted by Gasteiger charge is 1.87. The van der Waals surface area contributed by atoms with Crippen molar-refractivity contribution in [1.82, 2.24) is 5.32 Å². The molecule has 0 spiro atoms.